The Labute approximate surface area is 235 Å². The van der Waals surface area contributed by atoms with Gasteiger partial charge in [-0.1, -0.05) is 23.7 Å². The number of nitrogens with one attached hydrogen (secondary N) is 2. The van der Waals surface area contributed by atoms with Gasteiger partial charge in [-0.15, -0.1) is 0 Å². The van der Waals surface area contributed by atoms with E-state index in [9.17, 15) is 18.0 Å². The lowest BCUT2D eigenvalue weighted by atomic mass is 9.97. The van der Waals surface area contributed by atoms with Gasteiger partial charge >= 0.3 is 6.18 Å². The van der Waals surface area contributed by atoms with Gasteiger partial charge in [0, 0.05) is 63.4 Å². The van der Waals surface area contributed by atoms with Crippen molar-refractivity contribution >= 4 is 35.4 Å². The molecular weight excluding hydrogens is 545 g/mol. The molecule has 0 radical (unpaired) electrons. The van der Waals surface area contributed by atoms with E-state index in [-0.39, 0.29) is 17.1 Å². The molecule has 1 saturated heterocycles. The van der Waals surface area contributed by atoms with E-state index in [0.717, 1.165) is 43.4 Å². The topological polar surface area (TPSA) is 89.5 Å². The van der Waals surface area contributed by atoms with Gasteiger partial charge in [-0.2, -0.15) is 28.1 Å². The first-order chi connectivity index (χ1) is 19.1. The second-order valence-electron chi connectivity index (χ2n) is 9.94. The van der Waals surface area contributed by atoms with Crippen molar-refractivity contribution in [3.8, 4) is 0 Å². The molecule has 3 heterocycles. The second-order valence-corrected chi connectivity index (χ2v) is 10.4. The van der Waals surface area contributed by atoms with Crippen molar-refractivity contribution in [2.45, 2.75) is 25.7 Å². The molecule has 40 heavy (non-hydrogen) atoms. The molecule has 5 rings (SSSR count). The fourth-order valence-electron chi connectivity index (χ4n) is 4.86. The van der Waals surface area contributed by atoms with E-state index < -0.39 is 17.6 Å². The molecule has 0 atom stereocenters. The number of nitrogens with zero attached hydrogens (tertiary/aromatic N) is 6. The Hall–Kier alpha value is -3.64. The van der Waals surface area contributed by atoms with E-state index in [0.29, 0.717) is 42.9 Å². The van der Waals surface area contributed by atoms with Crippen molar-refractivity contribution in [1.29, 1.82) is 0 Å². The highest BCUT2D eigenvalue weighted by Gasteiger charge is 2.33. The molecule has 0 saturated carbocycles. The fourth-order valence-corrected chi connectivity index (χ4v) is 5.04. The Morgan fingerprint density at radius 2 is 1.68 bits per heavy atom. The number of carbonyl (C=O) groups is 1. The molecule has 0 aliphatic carbocycles. The van der Waals surface area contributed by atoms with Gasteiger partial charge in [0.15, 0.2) is 0 Å². The van der Waals surface area contributed by atoms with Crippen molar-refractivity contribution < 1.29 is 18.0 Å². The van der Waals surface area contributed by atoms with E-state index in [1.807, 2.05) is 6.07 Å². The highest BCUT2D eigenvalue weighted by Crippen LogP contribution is 2.34. The van der Waals surface area contributed by atoms with Crippen LogP contribution in [0.1, 0.15) is 32.6 Å². The lowest BCUT2D eigenvalue weighted by Gasteiger charge is -2.33. The molecule has 9 nitrogen and oxygen atoms in total. The first-order valence-electron chi connectivity index (χ1n) is 13.0. The summed E-state index contributed by atoms with van der Waals surface area (Å²) in [6, 6.07) is 8.89. The number of rotatable bonds is 6. The van der Waals surface area contributed by atoms with Gasteiger partial charge in [0.1, 0.15) is 0 Å². The summed E-state index contributed by atoms with van der Waals surface area (Å²) < 4.78 is 40.2. The highest BCUT2D eigenvalue weighted by atomic mass is 35.5. The van der Waals surface area contributed by atoms with Gasteiger partial charge in [0.05, 0.1) is 5.56 Å². The summed E-state index contributed by atoms with van der Waals surface area (Å²) in [5.41, 5.74) is 1.53. The number of hydrogen-bond donors (Lipinski definition) is 2. The average Bonchev–Trinajstić information content (AvgIpc) is 2.95. The highest BCUT2D eigenvalue weighted by molar-refractivity contribution is 6.30. The molecule has 2 aromatic carbocycles. The van der Waals surface area contributed by atoms with Crippen LogP contribution < -0.4 is 20.4 Å². The molecule has 2 aliphatic heterocycles. The third-order valence-electron chi connectivity index (χ3n) is 7.20. The molecular formula is C27H30ClF3N8O. The molecule has 0 bridgehead atoms. The van der Waals surface area contributed by atoms with Crippen LogP contribution in [0, 0.1) is 0 Å². The van der Waals surface area contributed by atoms with Gasteiger partial charge in [-0.3, -0.25) is 4.79 Å². The van der Waals surface area contributed by atoms with Crippen LogP contribution >= 0.6 is 11.6 Å². The van der Waals surface area contributed by atoms with Crippen molar-refractivity contribution in [2.75, 3.05) is 61.9 Å². The molecule has 1 aromatic heterocycles. The fraction of sp³-hybridized carbons (Fsp3) is 0.407. The minimum atomic E-state index is -4.57. The van der Waals surface area contributed by atoms with Crippen molar-refractivity contribution in [1.82, 2.24) is 25.2 Å². The SMILES string of the molecule is CNc1nc(N2CCN(C)CC2)nc(N2CCc3cc(C(=O)NCc4ccc(Cl)cc4C(F)(F)F)ccc3C2)n1. The van der Waals surface area contributed by atoms with Crippen LogP contribution in [0.2, 0.25) is 5.02 Å². The third-order valence-corrected chi connectivity index (χ3v) is 7.44. The zero-order chi connectivity index (χ0) is 28.4. The van der Waals surface area contributed by atoms with Crippen LogP contribution in [0.5, 0.6) is 0 Å². The number of anilines is 3. The zero-order valence-corrected chi connectivity index (χ0v) is 23.0. The van der Waals surface area contributed by atoms with E-state index in [1.54, 1.807) is 19.2 Å². The number of halogens is 4. The summed E-state index contributed by atoms with van der Waals surface area (Å²) in [7, 11) is 3.88. The lowest BCUT2D eigenvalue weighted by molar-refractivity contribution is -0.138. The van der Waals surface area contributed by atoms with Crippen molar-refractivity contribution in [2.24, 2.45) is 0 Å². The lowest BCUT2D eigenvalue weighted by Crippen LogP contribution is -2.45. The van der Waals surface area contributed by atoms with Gasteiger partial charge in [0.25, 0.3) is 5.91 Å². The van der Waals surface area contributed by atoms with E-state index in [4.69, 9.17) is 16.6 Å². The maximum absolute atomic E-state index is 13.4. The van der Waals surface area contributed by atoms with Crippen LogP contribution in [-0.2, 0) is 25.7 Å². The Bertz CT molecular complexity index is 1390. The predicted molar refractivity (Wildman–Crippen MR) is 148 cm³/mol. The van der Waals surface area contributed by atoms with Crippen molar-refractivity contribution in [3.05, 3.63) is 69.2 Å². The standard InChI is InChI=1S/C27H30ClF3N8O/c1-32-24-34-25(38-11-9-37(2)10-12-38)36-26(35-24)39-8-7-17-13-18(3-4-20(17)16-39)23(40)33-15-19-5-6-21(28)14-22(19)27(29,30)31/h3-6,13-14H,7-12,15-16H2,1-2H3,(H,33,40)(H,32,34,35,36). The number of fused-ring (bicyclic) bond motifs is 1. The van der Waals surface area contributed by atoms with Gasteiger partial charge < -0.3 is 25.3 Å². The molecule has 0 unspecified atom stereocenters. The van der Waals surface area contributed by atoms with Gasteiger partial charge in [0.2, 0.25) is 17.8 Å². The van der Waals surface area contributed by atoms with Crippen LogP contribution in [0.15, 0.2) is 36.4 Å². The quantitative estimate of drug-likeness (QED) is 0.459. The van der Waals surface area contributed by atoms with Gasteiger partial charge in [-0.25, -0.2) is 0 Å². The summed E-state index contributed by atoms with van der Waals surface area (Å²) in [6.07, 6.45) is -3.91. The molecule has 0 spiro atoms. The third kappa shape index (κ3) is 6.23. The number of likely N-dealkylation sites (N-methyl/N-ethyl adjacent to an activating group) is 1. The number of benzene rings is 2. The largest absolute Gasteiger partial charge is 0.416 e. The van der Waals surface area contributed by atoms with Gasteiger partial charge in [-0.05, 0) is 54.4 Å². The Kier molecular flexibility index (Phi) is 7.99. The number of amides is 1. The Morgan fingerprint density at radius 1 is 0.950 bits per heavy atom. The Balaban J connectivity index is 1.28. The van der Waals surface area contributed by atoms with Crippen LogP contribution in [0.25, 0.3) is 0 Å². The van der Waals surface area contributed by atoms with E-state index >= 15 is 0 Å². The number of piperazine rings is 1. The van der Waals surface area contributed by atoms with Crippen LogP contribution in [0.3, 0.4) is 0 Å². The molecule has 3 aromatic rings. The number of carbonyl (C=O) groups excluding carboxylic acids is 1. The van der Waals surface area contributed by atoms with Crippen LogP contribution in [0.4, 0.5) is 31.0 Å². The maximum Gasteiger partial charge on any atom is 0.416 e. The minimum Gasteiger partial charge on any atom is -0.357 e. The summed E-state index contributed by atoms with van der Waals surface area (Å²) in [6.45, 7) is 4.49. The second kappa shape index (κ2) is 11.5. The summed E-state index contributed by atoms with van der Waals surface area (Å²) in [5.74, 6) is 1.30. The summed E-state index contributed by atoms with van der Waals surface area (Å²) >= 11 is 5.75. The average molecular weight is 575 g/mol. The molecule has 1 amide bonds. The molecule has 13 heteroatoms. The Morgan fingerprint density at radius 3 is 2.38 bits per heavy atom. The minimum absolute atomic E-state index is 0.0129. The maximum atomic E-state index is 13.4. The molecule has 2 N–H and O–H groups in total. The molecule has 1 fully saturated rings. The zero-order valence-electron chi connectivity index (χ0n) is 22.2. The van der Waals surface area contributed by atoms with E-state index in [2.05, 4.69) is 42.3 Å². The van der Waals surface area contributed by atoms with Crippen LogP contribution in [-0.4, -0.2) is 72.6 Å². The number of hydrogen-bond acceptors (Lipinski definition) is 8. The van der Waals surface area contributed by atoms with Crippen molar-refractivity contribution in [3.63, 3.8) is 0 Å². The number of aromatic nitrogens is 3. The first-order valence-corrected chi connectivity index (χ1v) is 13.4. The van der Waals surface area contributed by atoms with E-state index in [1.165, 1.54) is 12.1 Å². The normalized spacial score (nSPS) is 16.1. The monoisotopic (exact) mass is 574 g/mol. The smallest absolute Gasteiger partial charge is 0.357 e. The first kappa shape index (κ1) is 27.9. The summed E-state index contributed by atoms with van der Waals surface area (Å²) in [4.78, 5) is 33.3. The predicted octanol–water partition coefficient (Wildman–Crippen LogP) is 3.83. The number of alkyl halides is 3. The summed E-state index contributed by atoms with van der Waals surface area (Å²) in [5, 5.41) is 5.63. The molecule has 212 valence electrons. The molecule has 2 aliphatic rings.